The van der Waals surface area contributed by atoms with Gasteiger partial charge in [0.25, 0.3) is 0 Å². The molecule has 20 heavy (non-hydrogen) atoms. The van der Waals surface area contributed by atoms with E-state index in [1.807, 2.05) is 0 Å². The van der Waals surface area contributed by atoms with Gasteiger partial charge in [0.1, 0.15) is 5.82 Å². The highest BCUT2D eigenvalue weighted by Crippen LogP contribution is 2.19. The first-order valence-electron chi connectivity index (χ1n) is 7.79. The Hall–Kier alpha value is -1.35. The number of hydrogen-bond acceptors (Lipinski definition) is 2. The highest BCUT2D eigenvalue weighted by molar-refractivity contribution is 5.75. The third kappa shape index (κ3) is 3.60. The molecule has 1 atom stereocenters. The molecule has 2 aromatic rings. The molecule has 0 aliphatic carbocycles. The van der Waals surface area contributed by atoms with Gasteiger partial charge < -0.3 is 9.88 Å². The van der Waals surface area contributed by atoms with E-state index < -0.39 is 0 Å². The third-order valence-electron chi connectivity index (χ3n) is 3.77. The van der Waals surface area contributed by atoms with Crippen LogP contribution >= 0.6 is 0 Å². The molecule has 1 aromatic carbocycles. The van der Waals surface area contributed by atoms with Gasteiger partial charge in [-0.05, 0) is 37.9 Å². The molecule has 1 unspecified atom stereocenters. The monoisotopic (exact) mass is 273 g/mol. The summed E-state index contributed by atoms with van der Waals surface area (Å²) in [6, 6.07) is 9.00. The van der Waals surface area contributed by atoms with E-state index in [1.54, 1.807) is 0 Å². The highest BCUT2D eigenvalue weighted by Gasteiger charge is 2.12. The first-order chi connectivity index (χ1) is 9.61. The third-order valence-corrected chi connectivity index (χ3v) is 3.77. The number of aryl methyl sites for hydroxylation is 1. The number of fused-ring (bicyclic) bond motifs is 1. The van der Waals surface area contributed by atoms with Crippen molar-refractivity contribution in [3.8, 4) is 0 Å². The lowest BCUT2D eigenvalue weighted by Crippen LogP contribution is -2.25. The molecule has 0 fully saturated rings. The van der Waals surface area contributed by atoms with Crippen LogP contribution in [-0.2, 0) is 13.0 Å². The molecule has 3 heteroatoms. The van der Waals surface area contributed by atoms with Crippen LogP contribution in [-0.4, -0.2) is 22.1 Å². The second-order valence-corrected chi connectivity index (χ2v) is 5.97. The summed E-state index contributed by atoms with van der Waals surface area (Å²) in [4.78, 5) is 4.81. The molecule has 1 N–H and O–H groups in total. The fourth-order valence-corrected chi connectivity index (χ4v) is 2.67. The summed E-state index contributed by atoms with van der Waals surface area (Å²) >= 11 is 0. The van der Waals surface area contributed by atoms with Crippen molar-refractivity contribution < 1.29 is 0 Å². The topological polar surface area (TPSA) is 29.9 Å². The van der Waals surface area contributed by atoms with Gasteiger partial charge in [-0.3, -0.25) is 0 Å². The molecule has 0 radical (unpaired) electrons. The number of para-hydroxylation sites is 2. The van der Waals surface area contributed by atoms with Crippen molar-refractivity contribution in [3.05, 3.63) is 30.1 Å². The van der Waals surface area contributed by atoms with Crippen LogP contribution in [0.5, 0.6) is 0 Å². The van der Waals surface area contributed by atoms with Crippen molar-refractivity contribution in [1.82, 2.24) is 14.9 Å². The molecule has 1 heterocycles. The molecule has 3 nitrogen and oxygen atoms in total. The molecule has 1 aromatic heterocycles. The molecule has 0 aliphatic heterocycles. The Morgan fingerprint density at radius 1 is 1.20 bits per heavy atom. The largest absolute Gasteiger partial charge is 0.328 e. The van der Waals surface area contributed by atoms with E-state index in [-0.39, 0.29) is 0 Å². The van der Waals surface area contributed by atoms with Crippen molar-refractivity contribution in [2.45, 2.75) is 53.1 Å². The van der Waals surface area contributed by atoms with E-state index in [0.717, 1.165) is 25.0 Å². The van der Waals surface area contributed by atoms with Crippen LogP contribution in [0.15, 0.2) is 24.3 Å². The minimum absolute atomic E-state index is 0.572. The maximum atomic E-state index is 4.81. The van der Waals surface area contributed by atoms with Gasteiger partial charge in [-0.25, -0.2) is 4.98 Å². The van der Waals surface area contributed by atoms with E-state index in [4.69, 9.17) is 4.98 Å². The van der Waals surface area contributed by atoms with Crippen LogP contribution in [0.1, 0.15) is 39.9 Å². The van der Waals surface area contributed by atoms with Crippen LogP contribution in [0.4, 0.5) is 0 Å². The van der Waals surface area contributed by atoms with Gasteiger partial charge in [0.15, 0.2) is 0 Å². The predicted molar refractivity (Wildman–Crippen MR) is 86.0 cm³/mol. The normalized spacial score (nSPS) is 13.2. The first kappa shape index (κ1) is 15.0. The molecule has 0 spiro atoms. The summed E-state index contributed by atoms with van der Waals surface area (Å²) in [7, 11) is 0. The van der Waals surface area contributed by atoms with E-state index >= 15 is 0 Å². The molecule has 2 rings (SSSR count). The fraction of sp³-hybridized carbons (Fsp3) is 0.588. The summed E-state index contributed by atoms with van der Waals surface area (Å²) in [5.41, 5.74) is 2.38. The number of rotatable bonds is 7. The van der Waals surface area contributed by atoms with Crippen LogP contribution in [0.3, 0.4) is 0 Å². The SMILES string of the molecule is CCn1c(CC(C)CCNC(C)C)nc2ccccc21. The van der Waals surface area contributed by atoms with Gasteiger partial charge >= 0.3 is 0 Å². The number of nitrogens with one attached hydrogen (secondary N) is 1. The first-order valence-corrected chi connectivity index (χ1v) is 7.79. The minimum atomic E-state index is 0.572. The second-order valence-electron chi connectivity index (χ2n) is 5.97. The smallest absolute Gasteiger partial charge is 0.110 e. The van der Waals surface area contributed by atoms with Gasteiger partial charge in [-0.1, -0.05) is 32.9 Å². The van der Waals surface area contributed by atoms with Crippen LogP contribution in [0.25, 0.3) is 11.0 Å². The predicted octanol–water partition coefficient (Wildman–Crippen LogP) is 3.62. The number of hydrogen-bond donors (Lipinski definition) is 1. The van der Waals surface area contributed by atoms with Crippen molar-refractivity contribution in [3.63, 3.8) is 0 Å². The number of imidazole rings is 1. The minimum Gasteiger partial charge on any atom is -0.328 e. The molecular weight excluding hydrogens is 246 g/mol. The maximum Gasteiger partial charge on any atom is 0.110 e. The van der Waals surface area contributed by atoms with E-state index in [0.29, 0.717) is 12.0 Å². The van der Waals surface area contributed by atoms with Crippen LogP contribution in [0.2, 0.25) is 0 Å². The lowest BCUT2D eigenvalue weighted by molar-refractivity contribution is 0.463. The average Bonchev–Trinajstić information content (AvgIpc) is 2.75. The van der Waals surface area contributed by atoms with Crippen molar-refractivity contribution in [2.75, 3.05) is 6.54 Å². The Morgan fingerprint density at radius 2 is 1.95 bits per heavy atom. The number of aromatic nitrogens is 2. The Labute approximate surface area is 122 Å². The van der Waals surface area contributed by atoms with Gasteiger partial charge in [0.05, 0.1) is 11.0 Å². The highest BCUT2D eigenvalue weighted by atomic mass is 15.1. The zero-order valence-corrected chi connectivity index (χ0v) is 13.2. The van der Waals surface area contributed by atoms with E-state index in [1.165, 1.54) is 17.8 Å². The summed E-state index contributed by atoms with van der Waals surface area (Å²) < 4.78 is 2.35. The van der Waals surface area contributed by atoms with Gasteiger partial charge in [-0.2, -0.15) is 0 Å². The molecule has 0 saturated carbocycles. The van der Waals surface area contributed by atoms with Gasteiger partial charge in [0.2, 0.25) is 0 Å². The molecule has 110 valence electrons. The van der Waals surface area contributed by atoms with Crippen molar-refractivity contribution >= 4 is 11.0 Å². The summed E-state index contributed by atoms with van der Waals surface area (Å²) in [6.45, 7) is 11.0. The lowest BCUT2D eigenvalue weighted by Gasteiger charge is -2.14. The van der Waals surface area contributed by atoms with E-state index in [2.05, 4.69) is 61.8 Å². The summed E-state index contributed by atoms with van der Waals surface area (Å²) in [6.07, 6.45) is 2.26. The van der Waals surface area contributed by atoms with Gasteiger partial charge in [0, 0.05) is 19.0 Å². The summed E-state index contributed by atoms with van der Waals surface area (Å²) in [5, 5.41) is 3.49. The number of nitrogens with zero attached hydrogens (tertiary/aromatic N) is 2. The Morgan fingerprint density at radius 3 is 2.65 bits per heavy atom. The zero-order valence-electron chi connectivity index (χ0n) is 13.2. The van der Waals surface area contributed by atoms with Crippen molar-refractivity contribution in [2.24, 2.45) is 5.92 Å². The fourth-order valence-electron chi connectivity index (χ4n) is 2.67. The lowest BCUT2D eigenvalue weighted by atomic mass is 10.0. The maximum absolute atomic E-state index is 4.81. The number of benzene rings is 1. The Balaban J connectivity index is 2.05. The molecular formula is C17H27N3. The zero-order chi connectivity index (χ0) is 14.5. The molecule has 0 bridgehead atoms. The molecule has 0 aliphatic rings. The Kier molecular flexibility index (Phi) is 5.18. The van der Waals surface area contributed by atoms with Crippen LogP contribution < -0.4 is 5.32 Å². The second kappa shape index (κ2) is 6.89. The summed E-state index contributed by atoms with van der Waals surface area (Å²) in [5.74, 6) is 1.88. The quantitative estimate of drug-likeness (QED) is 0.835. The van der Waals surface area contributed by atoms with E-state index in [9.17, 15) is 0 Å². The standard InChI is InChI=1S/C17H27N3/c1-5-20-16-9-7-6-8-15(16)19-17(20)12-14(4)10-11-18-13(2)3/h6-9,13-14,18H,5,10-12H2,1-4H3. The van der Waals surface area contributed by atoms with Crippen LogP contribution in [0, 0.1) is 5.92 Å². The average molecular weight is 273 g/mol. The molecule has 0 amide bonds. The molecule has 0 saturated heterocycles. The Bertz CT molecular complexity index is 542. The van der Waals surface area contributed by atoms with Crippen molar-refractivity contribution in [1.29, 1.82) is 0 Å². The van der Waals surface area contributed by atoms with Gasteiger partial charge in [-0.15, -0.1) is 0 Å².